The summed E-state index contributed by atoms with van der Waals surface area (Å²) in [6, 6.07) is 5.61. The summed E-state index contributed by atoms with van der Waals surface area (Å²) in [7, 11) is 0. The Morgan fingerprint density at radius 1 is 1.50 bits per heavy atom. The van der Waals surface area contributed by atoms with E-state index in [0.29, 0.717) is 13.1 Å². The van der Waals surface area contributed by atoms with Crippen LogP contribution in [0.5, 0.6) is 0 Å². The molecule has 0 aromatic carbocycles. The van der Waals surface area contributed by atoms with Crippen LogP contribution >= 0.6 is 0 Å². The van der Waals surface area contributed by atoms with Crippen LogP contribution in [0.3, 0.4) is 0 Å². The van der Waals surface area contributed by atoms with Gasteiger partial charge in [0.1, 0.15) is 0 Å². The number of hydrogen-bond acceptors (Lipinski definition) is 3. The van der Waals surface area contributed by atoms with Gasteiger partial charge in [-0.05, 0) is 12.1 Å². The summed E-state index contributed by atoms with van der Waals surface area (Å²) in [5.74, 6) is -1.08. The Morgan fingerprint density at radius 3 is 3.00 bits per heavy atom. The van der Waals surface area contributed by atoms with Crippen LogP contribution in [0.4, 0.5) is 0 Å². The van der Waals surface area contributed by atoms with Crippen LogP contribution < -0.4 is 5.32 Å². The van der Waals surface area contributed by atoms with Gasteiger partial charge in [-0.15, -0.1) is 0 Å². The van der Waals surface area contributed by atoms with Crippen molar-refractivity contribution in [2.75, 3.05) is 13.1 Å². The van der Waals surface area contributed by atoms with Crippen LogP contribution in [0, 0.1) is 5.92 Å². The summed E-state index contributed by atoms with van der Waals surface area (Å²) in [5, 5.41) is 12.1. The minimum atomic E-state index is -0.745. The number of rotatable bonds is 2. The molecule has 0 spiro atoms. The van der Waals surface area contributed by atoms with Gasteiger partial charge < -0.3 is 10.4 Å². The van der Waals surface area contributed by atoms with E-state index < -0.39 is 5.97 Å². The molecular weight excluding hydrogens is 180 g/mol. The first-order valence-corrected chi connectivity index (χ1v) is 4.63. The van der Waals surface area contributed by atoms with E-state index in [2.05, 4.69) is 10.3 Å². The lowest BCUT2D eigenvalue weighted by atomic mass is 9.93. The molecule has 1 aromatic rings. The van der Waals surface area contributed by atoms with Crippen molar-refractivity contribution in [3.05, 3.63) is 30.1 Å². The van der Waals surface area contributed by atoms with E-state index in [4.69, 9.17) is 5.11 Å². The van der Waals surface area contributed by atoms with Crippen molar-refractivity contribution in [2.24, 2.45) is 5.92 Å². The Kier molecular flexibility index (Phi) is 2.45. The highest BCUT2D eigenvalue weighted by molar-refractivity contribution is 5.72. The molecule has 2 heterocycles. The van der Waals surface area contributed by atoms with Crippen molar-refractivity contribution in [1.29, 1.82) is 0 Å². The van der Waals surface area contributed by atoms with Crippen molar-refractivity contribution >= 4 is 5.97 Å². The number of carbonyl (C=O) groups is 1. The third-order valence-electron chi connectivity index (χ3n) is 2.60. The molecule has 0 unspecified atom stereocenters. The number of hydrogen-bond donors (Lipinski definition) is 2. The van der Waals surface area contributed by atoms with Crippen molar-refractivity contribution in [2.45, 2.75) is 5.92 Å². The van der Waals surface area contributed by atoms with Gasteiger partial charge in [0.15, 0.2) is 0 Å². The summed E-state index contributed by atoms with van der Waals surface area (Å²) in [6.07, 6.45) is 1.70. The molecule has 1 aliphatic heterocycles. The Balaban J connectivity index is 2.22. The highest BCUT2D eigenvalue weighted by atomic mass is 16.4. The SMILES string of the molecule is O=C(O)[C@@H]1CNC[C@@H]1c1ccccn1. The van der Waals surface area contributed by atoms with Crippen LogP contribution in [0.1, 0.15) is 11.6 Å². The smallest absolute Gasteiger partial charge is 0.308 e. The highest BCUT2D eigenvalue weighted by Crippen LogP contribution is 2.26. The number of carboxylic acid groups (broad SMARTS) is 1. The molecule has 14 heavy (non-hydrogen) atoms. The van der Waals surface area contributed by atoms with Gasteiger partial charge >= 0.3 is 5.97 Å². The largest absolute Gasteiger partial charge is 0.481 e. The predicted molar refractivity (Wildman–Crippen MR) is 51.0 cm³/mol. The maximum atomic E-state index is 10.9. The number of pyridine rings is 1. The van der Waals surface area contributed by atoms with Crippen LogP contribution in [0.2, 0.25) is 0 Å². The van der Waals surface area contributed by atoms with E-state index in [1.807, 2.05) is 18.2 Å². The molecule has 0 radical (unpaired) electrons. The first kappa shape index (κ1) is 9.15. The van der Waals surface area contributed by atoms with E-state index in [9.17, 15) is 4.79 Å². The minimum absolute atomic E-state index is 0.00806. The average Bonchev–Trinajstić information content (AvgIpc) is 2.67. The van der Waals surface area contributed by atoms with Crippen LogP contribution in [-0.2, 0) is 4.79 Å². The van der Waals surface area contributed by atoms with E-state index in [0.717, 1.165) is 5.69 Å². The summed E-state index contributed by atoms with van der Waals surface area (Å²) in [5.41, 5.74) is 0.866. The Morgan fingerprint density at radius 2 is 2.36 bits per heavy atom. The highest BCUT2D eigenvalue weighted by Gasteiger charge is 2.34. The second-order valence-electron chi connectivity index (χ2n) is 3.46. The molecule has 4 heteroatoms. The molecule has 0 aliphatic carbocycles. The van der Waals surface area contributed by atoms with Gasteiger partial charge in [0.2, 0.25) is 0 Å². The lowest BCUT2D eigenvalue weighted by Gasteiger charge is -2.13. The molecule has 2 rings (SSSR count). The molecule has 0 bridgehead atoms. The molecule has 74 valence electrons. The van der Waals surface area contributed by atoms with Gasteiger partial charge in [0, 0.05) is 30.9 Å². The van der Waals surface area contributed by atoms with Crippen LogP contribution in [-0.4, -0.2) is 29.1 Å². The third kappa shape index (κ3) is 1.61. The zero-order valence-corrected chi connectivity index (χ0v) is 7.68. The number of carboxylic acids is 1. The molecular formula is C10H12N2O2. The average molecular weight is 192 g/mol. The topological polar surface area (TPSA) is 62.2 Å². The Bertz CT molecular complexity index is 326. The van der Waals surface area contributed by atoms with Gasteiger partial charge in [-0.2, -0.15) is 0 Å². The Hall–Kier alpha value is -1.42. The van der Waals surface area contributed by atoms with Gasteiger partial charge in [0.05, 0.1) is 5.92 Å². The summed E-state index contributed by atoms with van der Waals surface area (Å²) >= 11 is 0. The van der Waals surface area contributed by atoms with Crippen molar-refractivity contribution < 1.29 is 9.90 Å². The van der Waals surface area contributed by atoms with Crippen molar-refractivity contribution in [1.82, 2.24) is 10.3 Å². The van der Waals surface area contributed by atoms with Crippen molar-refractivity contribution in [3.63, 3.8) is 0 Å². The first-order valence-electron chi connectivity index (χ1n) is 4.63. The summed E-state index contributed by atoms with van der Waals surface area (Å²) < 4.78 is 0. The molecule has 2 atom stereocenters. The lowest BCUT2D eigenvalue weighted by molar-refractivity contribution is -0.141. The number of nitrogens with zero attached hydrogens (tertiary/aromatic N) is 1. The van der Waals surface area contributed by atoms with Crippen LogP contribution in [0.15, 0.2) is 24.4 Å². The zero-order chi connectivity index (χ0) is 9.97. The van der Waals surface area contributed by atoms with Gasteiger partial charge in [-0.1, -0.05) is 6.07 Å². The normalized spacial score (nSPS) is 26.3. The lowest BCUT2D eigenvalue weighted by Crippen LogP contribution is -2.21. The zero-order valence-electron chi connectivity index (χ0n) is 7.68. The fraction of sp³-hybridized carbons (Fsp3) is 0.400. The van der Waals surface area contributed by atoms with E-state index in [-0.39, 0.29) is 11.8 Å². The predicted octanol–water partition coefficient (Wildman–Crippen LogP) is 0.469. The number of aliphatic carboxylic acids is 1. The molecule has 4 nitrogen and oxygen atoms in total. The summed E-state index contributed by atoms with van der Waals surface area (Å²) in [4.78, 5) is 15.1. The Labute approximate surface area is 82.0 Å². The van der Waals surface area contributed by atoms with Crippen molar-refractivity contribution in [3.8, 4) is 0 Å². The maximum absolute atomic E-state index is 10.9. The molecule has 1 aliphatic rings. The minimum Gasteiger partial charge on any atom is -0.481 e. The number of aromatic nitrogens is 1. The van der Waals surface area contributed by atoms with Gasteiger partial charge in [-0.25, -0.2) is 0 Å². The second-order valence-corrected chi connectivity index (χ2v) is 3.46. The van der Waals surface area contributed by atoms with Gasteiger partial charge in [-0.3, -0.25) is 9.78 Å². The molecule has 0 amide bonds. The molecule has 1 aromatic heterocycles. The first-order chi connectivity index (χ1) is 6.79. The van der Waals surface area contributed by atoms with E-state index in [1.54, 1.807) is 6.20 Å². The molecule has 1 saturated heterocycles. The quantitative estimate of drug-likeness (QED) is 0.715. The standard InChI is InChI=1S/C10H12N2O2/c13-10(14)8-6-11-5-7(8)9-3-1-2-4-12-9/h1-4,7-8,11H,5-6H2,(H,13,14)/t7-,8+/m0/s1. The number of nitrogens with one attached hydrogen (secondary N) is 1. The molecule has 1 fully saturated rings. The second kappa shape index (κ2) is 3.75. The van der Waals surface area contributed by atoms with Gasteiger partial charge in [0.25, 0.3) is 0 Å². The maximum Gasteiger partial charge on any atom is 0.308 e. The fourth-order valence-corrected chi connectivity index (χ4v) is 1.84. The molecule has 0 saturated carbocycles. The monoisotopic (exact) mass is 192 g/mol. The summed E-state index contributed by atoms with van der Waals surface area (Å²) in [6.45, 7) is 1.24. The van der Waals surface area contributed by atoms with E-state index >= 15 is 0 Å². The molecule has 2 N–H and O–H groups in total. The van der Waals surface area contributed by atoms with E-state index in [1.165, 1.54) is 0 Å². The van der Waals surface area contributed by atoms with Crippen LogP contribution in [0.25, 0.3) is 0 Å². The fourth-order valence-electron chi connectivity index (χ4n) is 1.84. The third-order valence-corrected chi connectivity index (χ3v) is 2.60.